The van der Waals surface area contributed by atoms with Gasteiger partial charge in [0.15, 0.2) is 5.54 Å². The average Bonchev–Trinajstić information content (AvgIpc) is 2.30. The van der Waals surface area contributed by atoms with Crippen LogP contribution in [0.4, 0.5) is 0 Å². The molecule has 0 unspecified atom stereocenters. The molecule has 0 saturated heterocycles. The fraction of sp³-hybridized carbons (Fsp3) is 0.737. The number of aromatic nitrogens is 1. The lowest BCUT2D eigenvalue weighted by Gasteiger charge is -2.24. The maximum absolute atomic E-state index is 5.99. The first-order valence-corrected chi connectivity index (χ1v) is 8.11. The van der Waals surface area contributed by atoms with Crippen LogP contribution in [0.15, 0.2) is 18.2 Å². The second kappa shape index (κ2) is 6.67. The van der Waals surface area contributed by atoms with Crippen molar-refractivity contribution in [3.05, 3.63) is 29.6 Å². The molecular weight excluding hydrogens is 274 g/mol. The lowest BCUT2D eigenvalue weighted by Crippen LogP contribution is -2.56. The molecule has 0 aliphatic carbocycles. The van der Waals surface area contributed by atoms with E-state index in [9.17, 15) is 0 Å². The predicted octanol–water partition coefficient (Wildman–Crippen LogP) is 4.36. The zero-order valence-corrected chi connectivity index (χ0v) is 15.9. The molecule has 126 valence electrons. The highest BCUT2D eigenvalue weighted by molar-refractivity contribution is 5.04. The number of hydrogen-bond donors (Lipinski definition) is 0. The van der Waals surface area contributed by atoms with Crippen LogP contribution in [0.1, 0.15) is 73.7 Å². The van der Waals surface area contributed by atoms with Crippen LogP contribution in [-0.2, 0) is 28.2 Å². The van der Waals surface area contributed by atoms with E-state index in [4.69, 9.17) is 9.47 Å². The highest BCUT2D eigenvalue weighted by atomic mass is 16.5. The molecule has 0 aliphatic heterocycles. The van der Waals surface area contributed by atoms with Crippen LogP contribution in [0.3, 0.4) is 0 Å². The minimum atomic E-state index is -0.145. The van der Waals surface area contributed by atoms with Crippen LogP contribution in [0.5, 0.6) is 0 Å². The third kappa shape index (κ3) is 6.45. The Morgan fingerprint density at radius 3 is 1.36 bits per heavy atom. The summed E-state index contributed by atoms with van der Waals surface area (Å²) in [5.41, 5.74) is 2.05. The summed E-state index contributed by atoms with van der Waals surface area (Å²) in [4.78, 5) is 0. The summed E-state index contributed by atoms with van der Waals surface area (Å²) in [5, 5.41) is 0. The van der Waals surface area contributed by atoms with Gasteiger partial charge >= 0.3 is 0 Å². The van der Waals surface area contributed by atoms with E-state index < -0.39 is 0 Å². The number of nitrogens with zero attached hydrogens (tertiary/aromatic N) is 1. The van der Waals surface area contributed by atoms with Crippen LogP contribution in [0, 0.1) is 0 Å². The Labute approximate surface area is 136 Å². The maximum atomic E-state index is 5.99. The molecule has 0 saturated carbocycles. The van der Waals surface area contributed by atoms with Crippen molar-refractivity contribution in [2.45, 2.75) is 92.3 Å². The van der Waals surface area contributed by atoms with Crippen LogP contribution >= 0.6 is 0 Å². The van der Waals surface area contributed by atoms with Crippen LogP contribution in [0.2, 0.25) is 0 Å². The SMILES string of the molecule is CC(C)(C)OCc1cccc(COC(C)(C)C)[n+]1C(C)(C)C. The monoisotopic (exact) mass is 308 g/mol. The van der Waals surface area contributed by atoms with Crippen molar-refractivity contribution in [3.8, 4) is 0 Å². The normalized spacial score (nSPS) is 13.5. The maximum Gasteiger partial charge on any atom is 0.208 e. The molecule has 0 N–H and O–H groups in total. The lowest BCUT2D eigenvalue weighted by molar-refractivity contribution is -0.769. The number of pyridine rings is 1. The summed E-state index contributed by atoms with van der Waals surface area (Å²) in [6, 6.07) is 6.36. The summed E-state index contributed by atoms with van der Waals surface area (Å²) in [6.45, 7) is 20.4. The van der Waals surface area contributed by atoms with Gasteiger partial charge in [0, 0.05) is 32.9 Å². The summed E-state index contributed by atoms with van der Waals surface area (Å²) >= 11 is 0. The fourth-order valence-electron chi connectivity index (χ4n) is 2.27. The summed E-state index contributed by atoms with van der Waals surface area (Å²) in [7, 11) is 0. The molecule has 0 bridgehead atoms. The molecule has 0 aromatic carbocycles. The first-order valence-electron chi connectivity index (χ1n) is 8.11. The molecule has 3 nitrogen and oxygen atoms in total. The molecule has 0 fully saturated rings. The van der Waals surface area contributed by atoms with E-state index in [1.807, 2.05) is 0 Å². The highest BCUT2D eigenvalue weighted by Gasteiger charge is 2.31. The third-order valence-corrected chi connectivity index (χ3v) is 3.13. The second-order valence-electron chi connectivity index (χ2n) is 8.82. The quantitative estimate of drug-likeness (QED) is 0.771. The molecule has 1 aromatic rings. The summed E-state index contributed by atoms with van der Waals surface area (Å²) < 4.78 is 14.3. The van der Waals surface area contributed by atoms with Gasteiger partial charge in [-0.2, -0.15) is 4.57 Å². The van der Waals surface area contributed by atoms with E-state index in [1.165, 1.54) is 11.4 Å². The Balaban J connectivity index is 3.12. The van der Waals surface area contributed by atoms with E-state index in [2.05, 4.69) is 85.1 Å². The van der Waals surface area contributed by atoms with Gasteiger partial charge in [-0.25, -0.2) is 0 Å². The molecule has 0 aliphatic rings. The van der Waals surface area contributed by atoms with Crippen molar-refractivity contribution in [3.63, 3.8) is 0 Å². The Morgan fingerprint density at radius 1 is 0.727 bits per heavy atom. The zero-order chi connectivity index (χ0) is 17.2. The molecule has 22 heavy (non-hydrogen) atoms. The predicted molar refractivity (Wildman–Crippen MR) is 90.7 cm³/mol. The van der Waals surface area contributed by atoms with Crippen LogP contribution in [0.25, 0.3) is 0 Å². The van der Waals surface area contributed by atoms with Gasteiger partial charge < -0.3 is 9.47 Å². The van der Waals surface area contributed by atoms with E-state index in [0.29, 0.717) is 13.2 Å². The van der Waals surface area contributed by atoms with Gasteiger partial charge in [0.25, 0.3) is 0 Å². The summed E-state index contributed by atoms with van der Waals surface area (Å²) in [6.07, 6.45) is 0. The molecule has 0 spiro atoms. The van der Waals surface area contributed by atoms with Crippen LogP contribution in [-0.4, -0.2) is 11.2 Å². The van der Waals surface area contributed by atoms with Crippen molar-refractivity contribution in [1.82, 2.24) is 0 Å². The van der Waals surface area contributed by atoms with Crippen molar-refractivity contribution in [2.75, 3.05) is 0 Å². The molecular formula is C19H34NO2+. The minimum absolute atomic E-state index is 0.0194. The smallest absolute Gasteiger partial charge is 0.208 e. The second-order valence-corrected chi connectivity index (χ2v) is 8.82. The zero-order valence-electron chi connectivity index (χ0n) is 15.9. The van der Waals surface area contributed by atoms with Gasteiger partial charge in [-0.15, -0.1) is 0 Å². The van der Waals surface area contributed by atoms with E-state index in [0.717, 1.165) is 0 Å². The van der Waals surface area contributed by atoms with E-state index >= 15 is 0 Å². The first kappa shape index (κ1) is 19.1. The van der Waals surface area contributed by atoms with Crippen LogP contribution < -0.4 is 4.57 Å². The number of hydrogen-bond acceptors (Lipinski definition) is 2. The van der Waals surface area contributed by atoms with E-state index in [1.54, 1.807) is 0 Å². The third-order valence-electron chi connectivity index (χ3n) is 3.13. The Hall–Kier alpha value is -0.930. The van der Waals surface area contributed by atoms with Crippen molar-refractivity contribution >= 4 is 0 Å². The Bertz CT molecular complexity index is 451. The van der Waals surface area contributed by atoms with Crippen molar-refractivity contribution in [2.24, 2.45) is 0 Å². The first-order chi connectivity index (χ1) is 9.80. The lowest BCUT2D eigenvalue weighted by atomic mass is 10.1. The molecule has 0 amide bonds. The van der Waals surface area contributed by atoms with Crippen molar-refractivity contribution in [1.29, 1.82) is 0 Å². The Kier molecular flexibility index (Phi) is 5.80. The topological polar surface area (TPSA) is 22.3 Å². The number of ether oxygens (including phenoxy) is 2. The van der Waals surface area contributed by atoms with Gasteiger partial charge in [-0.05, 0) is 47.6 Å². The summed E-state index contributed by atoms with van der Waals surface area (Å²) in [5.74, 6) is 0. The Morgan fingerprint density at radius 2 is 1.09 bits per heavy atom. The van der Waals surface area contributed by atoms with E-state index in [-0.39, 0.29) is 16.7 Å². The van der Waals surface area contributed by atoms with Gasteiger partial charge in [-0.1, -0.05) is 0 Å². The average molecular weight is 308 g/mol. The van der Waals surface area contributed by atoms with Gasteiger partial charge in [-0.3, -0.25) is 0 Å². The van der Waals surface area contributed by atoms with Crippen molar-refractivity contribution < 1.29 is 14.0 Å². The molecule has 1 aromatic heterocycles. The number of rotatable bonds is 4. The molecule has 0 radical (unpaired) electrons. The van der Waals surface area contributed by atoms with Gasteiger partial charge in [0.1, 0.15) is 13.2 Å². The molecule has 1 heterocycles. The largest absolute Gasteiger partial charge is 0.365 e. The standard InChI is InChI=1S/C19H34NO2/c1-17(2,3)20-15(13-21-18(4,5)6)11-10-12-16(20)14-22-19(7,8)9/h10-12H,13-14H2,1-9H3/q+1. The highest BCUT2D eigenvalue weighted by Crippen LogP contribution is 2.16. The molecule has 1 rings (SSSR count). The van der Waals surface area contributed by atoms with Gasteiger partial charge in [0.05, 0.1) is 11.2 Å². The minimum Gasteiger partial charge on any atom is -0.365 e. The fourth-order valence-corrected chi connectivity index (χ4v) is 2.27. The molecule has 3 heteroatoms. The molecule has 0 atom stereocenters. The van der Waals surface area contributed by atoms with Gasteiger partial charge in [0.2, 0.25) is 11.4 Å².